The Morgan fingerprint density at radius 2 is 0.352 bits per heavy atom. The van der Waals surface area contributed by atoms with E-state index in [1.165, 1.54) is 0 Å². The minimum absolute atomic E-state index is 0.309. The van der Waals surface area contributed by atoms with Crippen LogP contribution < -0.4 is 0 Å². The topological polar surface area (TPSA) is 600 Å². The summed E-state index contributed by atoms with van der Waals surface area (Å²) >= 11 is 0. The van der Waals surface area contributed by atoms with Crippen molar-refractivity contribution in [1.29, 1.82) is 0 Å². The highest BCUT2D eigenvalue weighted by Gasteiger charge is 2.57. The van der Waals surface area contributed by atoms with Crippen LogP contribution in [-0.2, 0) is 229 Å². The van der Waals surface area contributed by atoms with Crippen LogP contribution in [0, 0.1) is 5.41 Å². The summed E-state index contributed by atoms with van der Waals surface area (Å²) in [6.45, 7) is 7.69. The van der Waals surface area contributed by atoms with Crippen LogP contribution in [0.25, 0.3) is 0 Å². The average Bonchev–Trinajstić information content (AvgIpc) is 0.801. The van der Waals surface area contributed by atoms with Crippen molar-refractivity contribution < 1.29 is 229 Å². The minimum Gasteiger partial charge on any atom is -0.465 e. The number of carbonyl (C=O) groups excluding carboxylic acids is 20. The van der Waals surface area contributed by atoms with E-state index >= 15 is 0 Å². The minimum atomic E-state index is -2.16. The van der Waals surface area contributed by atoms with E-state index in [9.17, 15) is 95.9 Å². The summed E-state index contributed by atoms with van der Waals surface area (Å²) in [5.41, 5.74) is -2.16. The third-order valence-corrected chi connectivity index (χ3v) is 17.2. The van der Waals surface area contributed by atoms with Crippen LogP contribution in [0.5, 0.6) is 0 Å². The van der Waals surface area contributed by atoms with Crippen LogP contribution in [0.3, 0.4) is 0 Å². The van der Waals surface area contributed by atoms with Gasteiger partial charge in [-0.1, -0.05) is 0 Å². The summed E-state index contributed by atoms with van der Waals surface area (Å²) in [4.78, 5) is 254. The van der Waals surface area contributed by atoms with Crippen LogP contribution in [-0.4, -0.2) is 321 Å². The number of hydrogen-bond acceptors (Lipinski definition) is 48. The molecule has 704 valence electrons. The highest BCUT2D eigenvalue weighted by Crippen LogP contribution is 2.36. The number of hydrogen-bond donors (Lipinski definition) is 0. The third kappa shape index (κ3) is 39.0. The lowest BCUT2D eigenvalue weighted by Crippen LogP contribution is -2.63. The van der Waals surface area contributed by atoms with Gasteiger partial charge in [-0.15, -0.1) is 0 Å². The summed E-state index contributed by atoms with van der Waals surface area (Å²) in [7, 11) is 0. The van der Waals surface area contributed by atoms with E-state index in [4.69, 9.17) is 133 Å². The van der Waals surface area contributed by atoms with Gasteiger partial charge in [0.25, 0.3) is 0 Å². The second-order valence-corrected chi connectivity index (χ2v) is 28.3. The van der Waals surface area contributed by atoms with Crippen molar-refractivity contribution in [2.24, 2.45) is 5.41 Å². The highest BCUT2D eigenvalue weighted by atomic mass is 16.8. The molecule has 0 aromatic heterocycles. The Morgan fingerprint density at radius 1 is 0.200 bits per heavy atom. The Balaban J connectivity index is 1.77. The maximum absolute atomic E-state index is 14.1. The molecule has 0 amide bonds. The molecule has 125 heavy (non-hydrogen) atoms. The molecule has 0 radical (unpaired) electrons. The molecular formula is C77H108O48. The molecule has 0 aromatic carbocycles. The molecule has 0 spiro atoms. The molecular weight excluding hydrogens is 1690 g/mol. The van der Waals surface area contributed by atoms with Gasteiger partial charge in [-0.05, 0) is 25.7 Å². The van der Waals surface area contributed by atoms with Crippen LogP contribution in [0.1, 0.15) is 162 Å². The fraction of sp³-hybridized carbons (Fsp3) is 0.740. The Kier molecular flexibility index (Phi) is 45.5. The second kappa shape index (κ2) is 53.4. The first-order chi connectivity index (χ1) is 58.8. The van der Waals surface area contributed by atoms with Crippen molar-refractivity contribution in [3.8, 4) is 0 Å². The van der Waals surface area contributed by atoms with Crippen LogP contribution >= 0.6 is 0 Å². The molecule has 0 aliphatic carbocycles. The average molecular weight is 1800 g/mol. The molecule has 0 aromatic rings. The van der Waals surface area contributed by atoms with Gasteiger partial charge >= 0.3 is 119 Å². The van der Waals surface area contributed by atoms with E-state index in [1.807, 2.05) is 0 Å². The lowest BCUT2D eigenvalue weighted by atomic mass is 9.92. The molecule has 0 bridgehead atoms. The van der Waals surface area contributed by atoms with Gasteiger partial charge in [0.05, 0.1) is 26.4 Å². The lowest BCUT2D eigenvalue weighted by Gasteiger charge is -2.44. The first-order valence-corrected chi connectivity index (χ1v) is 39.1. The zero-order chi connectivity index (χ0) is 93.5. The summed E-state index contributed by atoms with van der Waals surface area (Å²) < 4.78 is 157. The van der Waals surface area contributed by atoms with E-state index in [0.29, 0.717) is 0 Å². The van der Waals surface area contributed by atoms with Crippen LogP contribution in [0.15, 0.2) is 0 Å². The SMILES string of the molecule is CC(=O)OC[C@H]1O[C@@H](OCCCC(=O)OCC(COC(=O)CCCO[C@@H]2O[C@H](COC(C)=O)[C@@H](OC(C)=O)[C@H](OC(C)=O)[C@H]2OC(C)=O)(COC(=O)CCCO[C@@H]2O[C@H](COC(C)=O)[C@@H](OC(C)=O)[C@H](OC(C)=O)[C@H]2OC(C)=O)COC(=O)CCCO[C@@H]2O[C@H](COC(C)=O)[C@@H](OC(C)=O)[C@H](OC(C)=O)[C@H]2OC(C)=O)[C@H](OC(C)=O)[C@@H](OC(C)=O)[C@@H]1OC(C)=O. The molecule has 4 aliphatic heterocycles. The van der Waals surface area contributed by atoms with Crippen molar-refractivity contribution in [2.75, 3.05) is 79.3 Å². The lowest BCUT2D eigenvalue weighted by molar-refractivity contribution is -0.308. The second-order valence-electron chi connectivity index (χ2n) is 28.3. The summed E-state index contributed by atoms with van der Waals surface area (Å²) in [6, 6.07) is 0. The smallest absolute Gasteiger partial charge is 0.305 e. The van der Waals surface area contributed by atoms with E-state index in [0.717, 1.165) is 111 Å². The van der Waals surface area contributed by atoms with Crippen molar-refractivity contribution in [3.05, 3.63) is 0 Å². The van der Waals surface area contributed by atoms with E-state index in [2.05, 4.69) is 0 Å². The number of esters is 20. The predicted octanol–water partition coefficient (Wildman–Crippen LogP) is -0.335. The van der Waals surface area contributed by atoms with Gasteiger partial charge in [0.1, 0.15) is 82.7 Å². The molecule has 4 saturated heterocycles. The van der Waals surface area contributed by atoms with Gasteiger partial charge in [0.15, 0.2) is 98.4 Å². The van der Waals surface area contributed by atoms with E-state index in [-0.39, 0.29) is 25.7 Å². The third-order valence-electron chi connectivity index (χ3n) is 17.2. The summed E-state index contributed by atoms with van der Waals surface area (Å²) in [5, 5.41) is 0. The molecule has 20 atom stereocenters. The van der Waals surface area contributed by atoms with Gasteiger partial charge in [0.2, 0.25) is 0 Å². The van der Waals surface area contributed by atoms with Gasteiger partial charge < -0.3 is 133 Å². The number of ether oxygens (including phenoxy) is 28. The summed E-state index contributed by atoms with van der Waals surface area (Å²) in [6.07, 6.45) is -35.8. The maximum atomic E-state index is 14.1. The van der Waals surface area contributed by atoms with Crippen molar-refractivity contribution in [2.45, 2.75) is 285 Å². The van der Waals surface area contributed by atoms with Gasteiger partial charge in [0, 0.05) is 136 Å². The molecule has 0 saturated carbocycles. The Labute approximate surface area is 715 Å². The van der Waals surface area contributed by atoms with Gasteiger partial charge in [-0.25, -0.2) is 0 Å². The molecule has 4 aliphatic rings. The zero-order valence-electron chi connectivity index (χ0n) is 71.8. The van der Waals surface area contributed by atoms with E-state index < -0.39 is 353 Å². The number of rotatable bonds is 48. The first-order valence-electron chi connectivity index (χ1n) is 39.1. The monoisotopic (exact) mass is 1800 g/mol. The standard InChI is InChI=1S/C77H108O48/c1-37(78)102-29-53-61(110-41(5)82)65(114-45(9)86)69(118-49(13)90)73(122-53)98-25-17-21-57(94)106-33-77(34-107-58(95)22-18-26-99-74-70(119-50(14)91)66(115-46(10)87)62(111-42(6)83)54(123-74)30-103-38(2)79,35-108-59(96)23-19-27-100-75-71(120-51(15)92)67(116-47(11)88)63(112-43(7)84)55(124-75)31-104-39(3)80)36-109-60(97)24-20-28-101-76-72(121-52(16)93)68(117-48(12)89)64(113-44(8)85)56(125-76)32-105-40(4)81/h53-56,61-76H,17-36H2,1-16H3/t53-,54-,55-,56-,61-,62-,63-,64-,65+,66+,67+,68+,69-,70-,71-,72-,73-,74-,75-,76-/m1/s1. The Hall–Kier alpha value is -10.9. The number of carbonyl (C=O) groups is 20. The van der Waals surface area contributed by atoms with Crippen molar-refractivity contribution >= 4 is 119 Å². The quantitative estimate of drug-likeness (QED) is 0.0427. The molecule has 48 nitrogen and oxygen atoms in total. The normalized spacial score (nSPS) is 25.6. The fourth-order valence-corrected chi connectivity index (χ4v) is 12.4. The predicted molar refractivity (Wildman–Crippen MR) is 395 cm³/mol. The molecule has 0 N–H and O–H groups in total. The Morgan fingerprint density at radius 3 is 0.504 bits per heavy atom. The van der Waals surface area contributed by atoms with Crippen LogP contribution in [0.4, 0.5) is 0 Å². The maximum Gasteiger partial charge on any atom is 0.305 e. The van der Waals surface area contributed by atoms with Crippen molar-refractivity contribution in [3.63, 3.8) is 0 Å². The van der Waals surface area contributed by atoms with Crippen LogP contribution in [0.2, 0.25) is 0 Å². The fourth-order valence-electron chi connectivity index (χ4n) is 12.4. The summed E-state index contributed by atoms with van der Waals surface area (Å²) in [5.74, 6) is -19.0. The molecule has 4 heterocycles. The van der Waals surface area contributed by atoms with Crippen molar-refractivity contribution in [1.82, 2.24) is 0 Å². The largest absolute Gasteiger partial charge is 0.465 e. The highest BCUT2D eigenvalue weighted by molar-refractivity contribution is 5.74. The molecule has 4 fully saturated rings. The molecule has 0 unspecified atom stereocenters. The molecule has 48 heteroatoms. The van der Waals surface area contributed by atoms with Gasteiger partial charge in [-0.2, -0.15) is 0 Å². The first kappa shape index (κ1) is 106. The van der Waals surface area contributed by atoms with E-state index in [1.54, 1.807) is 0 Å². The Bertz CT molecular complexity index is 3250. The zero-order valence-corrected chi connectivity index (χ0v) is 71.8. The molecule has 4 rings (SSSR count). The van der Waals surface area contributed by atoms with Gasteiger partial charge in [-0.3, -0.25) is 95.9 Å².